The molecule has 3 N–H and O–H groups in total. The summed E-state index contributed by atoms with van der Waals surface area (Å²) in [6, 6.07) is 0. The van der Waals surface area contributed by atoms with Gasteiger partial charge >= 0.3 is 11.3 Å². The lowest BCUT2D eigenvalue weighted by atomic mass is 9.96. The molecule has 0 aromatic heterocycles. The smallest absolute Gasteiger partial charge is 0.407 e. The fourth-order valence-corrected chi connectivity index (χ4v) is 2.12. The summed E-state index contributed by atoms with van der Waals surface area (Å²) in [7, 11) is 0. The van der Waals surface area contributed by atoms with Gasteiger partial charge in [0.05, 0.1) is 31.3 Å². The van der Waals surface area contributed by atoms with Crippen molar-refractivity contribution in [3.05, 3.63) is 0 Å². The first-order valence-corrected chi connectivity index (χ1v) is 8.05. The first-order chi connectivity index (χ1) is 10.6. The van der Waals surface area contributed by atoms with Gasteiger partial charge in [-0.2, -0.15) is 0 Å². The van der Waals surface area contributed by atoms with Gasteiger partial charge in [0.25, 0.3) is 0 Å². The Morgan fingerprint density at radius 3 is 2.91 bits per heavy atom. The quantitative estimate of drug-likeness (QED) is 0.236. The Bertz CT molecular complexity index is 413. The van der Waals surface area contributed by atoms with Gasteiger partial charge in [0.15, 0.2) is 6.21 Å². The molecule has 3 atom stereocenters. The molecular weight excluding hydrogens is 306 g/mol. The molecule has 22 heavy (non-hydrogen) atoms. The van der Waals surface area contributed by atoms with Gasteiger partial charge in [0.2, 0.25) is 0 Å². The van der Waals surface area contributed by atoms with Crippen LogP contribution in [0.3, 0.4) is 0 Å². The third-order valence-corrected chi connectivity index (χ3v) is 3.44. The van der Waals surface area contributed by atoms with Crippen LogP contribution in [0.15, 0.2) is 0 Å². The predicted octanol–water partition coefficient (Wildman–Crippen LogP) is -0.0781. The number of amidine groups is 1. The monoisotopic (exact) mass is 332 g/mol. The van der Waals surface area contributed by atoms with Crippen LogP contribution in [0.1, 0.15) is 26.7 Å². The molecule has 1 rings (SSSR count). The van der Waals surface area contributed by atoms with Gasteiger partial charge in [-0.25, -0.2) is 9.46 Å². The van der Waals surface area contributed by atoms with Crippen molar-refractivity contribution in [1.82, 2.24) is 15.3 Å². The van der Waals surface area contributed by atoms with E-state index in [0.29, 0.717) is 24.7 Å². The van der Waals surface area contributed by atoms with Gasteiger partial charge in [-0.15, -0.1) is 0 Å². The maximum atomic E-state index is 11.2. The zero-order valence-corrected chi connectivity index (χ0v) is 14.0. The van der Waals surface area contributed by atoms with Crippen molar-refractivity contribution < 1.29 is 19.4 Å². The van der Waals surface area contributed by atoms with Crippen molar-refractivity contribution in [2.24, 2.45) is 5.92 Å². The van der Waals surface area contributed by atoms with Gasteiger partial charge in [0, 0.05) is 13.0 Å². The standard InChI is InChI=1S/C14H25N3O4S/c1-3-5-16-13(22)17-7-10-8-20-11(6-12(10)18)9-21-14(19)15-4-2/h7,10-12,18H,3-6,8-9H2,1-2H3,(H2,15,16,19,22)/p+1. The number of hydrogen-bond acceptors (Lipinski definition) is 4. The summed E-state index contributed by atoms with van der Waals surface area (Å²) in [5.41, 5.74) is 0. The average Bonchev–Trinajstić information content (AvgIpc) is 2.50. The summed E-state index contributed by atoms with van der Waals surface area (Å²) < 4.78 is 14.8. The van der Waals surface area contributed by atoms with E-state index in [1.165, 1.54) is 0 Å². The summed E-state index contributed by atoms with van der Waals surface area (Å²) in [6.07, 6.45) is 1.70. The number of rotatable bonds is 6. The molecule has 1 saturated heterocycles. The lowest BCUT2D eigenvalue weighted by molar-refractivity contribution is -0.0819. The molecule has 0 radical (unpaired) electrons. The third-order valence-electron chi connectivity index (χ3n) is 3.17. The van der Waals surface area contributed by atoms with E-state index in [-0.39, 0.29) is 18.6 Å². The topological polar surface area (TPSA) is 93.9 Å². The highest BCUT2D eigenvalue weighted by Crippen LogP contribution is 2.18. The Morgan fingerprint density at radius 1 is 1.50 bits per heavy atom. The van der Waals surface area contributed by atoms with Gasteiger partial charge < -0.3 is 19.9 Å². The summed E-state index contributed by atoms with van der Waals surface area (Å²) in [6.45, 7) is 5.66. The minimum absolute atomic E-state index is 0.134. The number of carbonyl (C=O) groups excluding carboxylic acids is 1. The van der Waals surface area contributed by atoms with E-state index in [4.69, 9.17) is 9.47 Å². The van der Waals surface area contributed by atoms with Crippen molar-refractivity contribution in [3.8, 4) is 0 Å². The average molecular weight is 332 g/mol. The van der Waals surface area contributed by atoms with Crippen molar-refractivity contribution >= 4 is 30.1 Å². The van der Waals surface area contributed by atoms with Crippen LogP contribution in [-0.4, -0.2) is 61.1 Å². The first-order valence-electron chi connectivity index (χ1n) is 7.61. The van der Waals surface area contributed by atoms with Crippen LogP contribution in [-0.2, 0) is 9.47 Å². The first kappa shape index (κ1) is 18.8. The van der Waals surface area contributed by atoms with E-state index in [0.717, 1.165) is 13.0 Å². The minimum atomic E-state index is -0.576. The molecule has 0 aromatic rings. The molecule has 0 aliphatic carbocycles. The second-order valence-corrected chi connectivity index (χ2v) is 5.50. The number of nitrogens with one attached hydrogen (secondary N) is 2. The van der Waals surface area contributed by atoms with Crippen LogP contribution in [0.25, 0.3) is 0 Å². The van der Waals surface area contributed by atoms with Crippen molar-refractivity contribution in [3.63, 3.8) is 0 Å². The van der Waals surface area contributed by atoms with Crippen LogP contribution < -0.4 is 15.3 Å². The molecule has 3 unspecified atom stereocenters. The number of aliphatic hydroxyl groups excluding tert-OH is 1. The third kappa shape index (κ3) is 7.17. The molecule has 8 heteroatoms. The highest BCUT2D eigenvalue weighted by molar-refractivity contribution is 7.96. The largest absolute Gasteiger partial charge is 0.447 e. The van der Waals surface area contributed by atoms with Crippen molar-refractivity contribution in [1.29, 1.82) is 0 Å². The number of aliphatic hydroxyl groups is 1. The molecule has 0 saturated carbocycles. The van der Waals surface area contributed by atoms with Gasteiger partial charge in [-0.1, -0.05) is 6.92 Å². The van der Waals surface area contributed by atoms with Gasteiger partial charge in [-0.3, -0.25) is 5.32 Å². The number of nitrogens with zero attached hydrogens (tertiary/aromatic N) is 1. The molecule has 0 bridgehead atoms. The maximum absolute atomic E-state index is 11.2. The molecule has 126 valence electrons. The molecule has 7 nitrogen and oxygen atoms in total. The van der Waals surface area contributed by atoms with E-state index in [1.54, 1.807) is 6.21 Å². The summed E-state index contributed by atoms with van der Waals surface area (Å²) in [5.74, 6) is -0.189. The molecule has 1 fully saturated rings. The fourth-order valence-electron chi connectivity index (χ4n) is 1.94. The van der Waals surface area contributed by atoms with Crippen LogP contribution in [0, 0.1) is 5.92 Å². The van der Waals surface area contributed by atoms with E-state index in [2.05, 4.69) is 34.9 Å². The second-order valence-electron chi connectivity index (χ2n) is 5.08. The maximum Gasteiger partial charge on any atom is 0.407 e. The van der Waals surface area contributed by atoms with E-state index in [9.17, 15) is 9.90 Å². The van der Waals surface area contributed by atoms with Crippen LogP contribution in [0.4, 0.5) is 4.79 Å². The molecule has 1 aliphatic rings. The summed E-state index contributed by atoms with van der Waals surface area (Å²) >= 11 is 4.21. The molecular formula is C14H26N3O4S+. The summed E-state index contributed by atoms with van der Waals surface area (Å²) in [5, 5.41) is 16.2. The number of carbonyl (C=O) groups is 1. The van der Waals surface area contributed by atoms with Crippen molar-refractivity contribution in [2.75, 3.05) is 26.3 Å². The predicted molar refractivity (Wildman–Crippen MR) is 89.4 cm³/mol. The lowest BCUT2D eigenvalue weighted by Crippen LogP contribution is -2.41. The molecule has 1 amide bonds. The Kier molecular flexibility index (Phi) is 9.00. The minimum Gasteiger partial charge on any atom is -0.447 e. The Morgan fingerprint density at radius 2 is 2.27 bits per heavy atom. The molecule has 1 heterocycles. The fraction of sp³-hybridized carbons (Fsp3) is 0.786. The normalized spacial score (nSPS) is 24.1. The zero-order valence-electron chi connectivity index (χ0n) is 13.1. The number of ether oxygens (including phenoxy) is 2. The Hall–Kier alpha value is -1.21. The number of thiol groups is 1. The van der Waals surface area contributed by atoms with Crippen LogP contribution >= 0.6 is 12.6 Å². The lowest BCUT2D eigenvalue weighted by Gasteiger charge is -2.29. The number of amides is 1. The Balaban J connectivity index is 2.39. The Labute approximate surface area is 136 Å². The molecule has 0 aromatic carbocycles. The number of alkyl carbamates (subject to hydrolysis) is 1. The molecule has 0 spiro atoms. The number of hydrogen-bond donors (Lipinski definition) is 4. The van der Waals surface area contributed by atoms with Gasteiger partial charge in [-0.05, 0) is 26.0 Å². The van der Waals surface area contributed by atoms with Crippen LogP contribution in [0.5, 0.6) is 0 Å². The molecule has 1 aliphatic heterocycles. The van der Waals surface area contributed by atoms with E-state index >= 15 is 0 Å². The van der Waals surface area contributed by atoms with Crippen molar-refractivity contribution in [2.45, 2.75) is 38.9 Å². The highest BCUT2D eigenvalue weighted by atomic mass is 32.1. The van der Waals surface area contributed by atoms with E-state index in [1.807, 2.05) is 6.92 Å². The SMILES string of the molecule is CCCNC(S)=[N+]=CC1COC(COC(=O)NCC)CC1O. The van der Waals surface area contributed by atoms with Crippen LogP contribution in [0.2, 0.25) is 0 Å². The van der Waals surface area contributed by atoms with Gasteiger partial charge in [0.1, 0.15) is 6.61 Å². The summed E-state index contributed by atoms with van der Waals surface area (Å²) in [4.78, 5) is 11.2. The zero-order chi connectivity index (χ0) is 16.4. The highest BCUT2D eigenvalue weighted by Gasteiger charge is 2.31. The second kappa shape index (κ2) is 10.5. The van der Waals surface area contributed by atoms with E-state index < -0.39 is 12.2 Å².